The average molecular weight is 268 g/mol. The predicted octanol–water partition coefficient (Wildman–Crippen LogP) is 1.77. The van der Waals surface area contributed by atoms with E-state index in [0.29, 0.717) is 5.56 Å². The van der Waals surface area contributed by atoms with Crippen molar-refractivity contribution in [1.29, 1.82) is 0 Å². The minimum absolute atomic E-state index is 0.0164. The summed E-state index contributed by atoms with van der Waals surface area (Å²) in [4.78, 5) is 22.0. The van der Waals surface area contributed by atoms with Gasteiger partial charge in [-0.15, -0.1) is 0 Å². The number of rotatable bonds is 4. The van der Waals surface area contributed by atoms with Gasteiger partial charge in [-0.1, -0.05) is 24.1 Å². The third-order valence-electron chi connectivity index (χ3n) is 2.87. The molecule has 1 aromatic rings. The van der Waals surface area contributed by atoms with Gasteiger partial charge in [0.1, 0.15) is 6.04 Å². The van der Waals surface area contributed by atoms with Gasteiger partial charge in [0, 0.05) is 25.5 Å². The zero-order chi connectivity index (χ0) is 13.3. The molecule has 0 aromatic heterocycles. The summed E-state index contributed by atoms with van der Waals surface area (Å²) in [6, 6.07) is 6.01. The van der Waals surface area contributed by atoms with Crippen molar-refractivity contribution in [3.8, 4) is 0 Å². The van der Waals surface area contributed by atoms with E-state index in [0.717, 1.165) is 0 Å². The maximum Gasteiger partial charge on any atom is 0.269 e. The Kier molecular flexibility index (Phi) is 3.53. The Hall–Kier alpha value is -1.60. The number of β-lactam (4-membered cyclic amide) rings is 1. The number of carbonyl (C=O) groups excluding carboxylic acids is 1. The molecule has 0 spiro atoms. The highest BCUT2D eigenvalue weighted by Gasteiger charge is 2.48. The molecule has 0 bridgehead atoms. The van der Waals surface area contributed by atoms with Crippen molar-refractivity contribution in [2.24, 2.45) is 0 Å². The molecule has 7 heteroatoms. The number of amides is 1. The van der Waals surface area contributed by atoms with Gasteiger partial charge in [0.05, 0.1) is 4.92 Å². The number of hydrogen-bond donors (Lipinski definition) is 0. The predicted molar refractivity (Wildman–Crippen MR) is 67.0 cm³/mol. The first-order valence-electron chi connectivity index (χ1n) is 5.24. The molecule has 1 fully saturated rings. The van der Waals surface area contributed by atoms with E-state index < -0.39 is 11.0 Å². The Labute approximate surface area is 108 Å². The molecule has 1 aliphatic rings. The lowest BCUT2D eigenvalue weighted by Crippen LogP contribution is -2.55. The zero-order valence-electron chi connectivity index (χ0n) is 9.90. The number of non-ortho nitro benzene ring substituents is 1. The molecule has 2 atom stereocenters. The highest BCUT2D eigenvalue weighted by Crippen LogP contribution is 2.41. The topological polar surface area (TPSA) is 72.7 Å². The second kappa shape index (κ2) is 4.95. The van der Waals surface area contributed by atoms with E-state index in [1.165, 1.54) is 31.2 Å². The summed E-state index contributed by atoms with van der Waals surface area (Å²) in [5.41, 5.74) is 0.729. The smallest absolute Gasteiger partial charge is 0.269 e. The largest absolute Gasteiger partial charge is 0.369 e. The molecule has 18 heavy (non-hydrogen) atoms. The lowest BCUT2D eigenvalue weighted by Gasteiger charge is -2.44. The van der Waals surface area contributed by atoms with E-state index in [2.05, 4.69) is 0 Å². The van der Waals surface area contributed by atoms with Crippen LogP contribution in [0.15, 0.2) is 24.3 Å². The lowest BCUT2D eigenvalue weighted by molar-refractivity contribution is -0.385. The second-order valence-electron chi connectivity index (χ2n) is 3.80. The number of ether oxygens (including phenoxy) is 1. The molecule has 1 aliphatic heterocycles. The van der Waals surface area contributed by atoms with Crippen molar-refractivity contribution >= 4 is 23.5 Å². The summed E-state index contributed by atoms with van der Waals surface area (Å²) in [6.07, 6.45) is 1.23. The van der Waals surface area contributed by atoms with Crippen LogP contribution in [-0.2, 0) is 9.53 Å². The summed E-state index contributed by atoms with van der Waals surface area (Å²) in [7, 11) is 1.46. The number of benzene rings is 1. The van der Waals surface area contributed by atoms with E-state index in [9.17, 15) is 14.9 Å². The fraction of sp³-hybridized carbons (Fsp3) is 0.364. The number of hydrogen-bond acceptors (Lipinski definition) is 5. The molecule has 0 saturated carbocycles. The average Bonchev–Trinajstić information content (AvgIpc) is 2.37. The van der Waals surface area contributed by atoms with Gasteiger partial charge in [0.2, 0.25) is 0 Å². The Morgan fingerprint density at radius 2 is 2.22 bits per heavy atom. The molecule has 1 aromatic carbocycles. The first-order valence-corrected chi connectivity index (χ1v) is 6.42. The van der Waals surface area contributed by atoms with Gasteiger partial charge < -0.3 is 4.74 Å². The normalized spacial score (nSPS) is 22.8. The summed E-state index contributed by atoms with van der Waals surface area (Å²) in [6.45, 7) is 0. The third kappa shape index (κ3) is 1.95. The highest BCUT2D eigenvalue weighted by atomic mass is 32.2. The standard InChI is InChI=1S/C11H12N2O4S/c1-17-10-9(12(18-2)11(10)14)7-4-3-5-8(6-7)13(15)16/h3-6,9-10H,1-2H3. The number of methoxy groups -OCH3 is 1. The molecular weight excluding hydrogens is 256 g/mol. The van der Waals surface area contributed by atoms with Crippen LogP contribution < -0.4 is 0 Å². The molecule has 2 rings (SSSR count). The van der Waals surface area contributed by atoms with Gasteiger partial charge in [-0.3, -0.25) is 19.2 Å². The molecule has 0 radical (unpaired) electrons. The van der Waals surface area contributed by atoms with Gasteiger partial charge in [-0.2, -0.15) is 0 Å². The molecule has 1 heterocycles. The van der Waals surface area contributed by atoms with Crippen LogP contribution in [0, 0.1) is 10.1 Å². The van der Waals surface area contributed by atoms with Crippen molar-refractivity contribution in [2.75, 3.05) is 13.4 Å². The van der Waals surface area contributed by atoms with Crippen LogP contribution >= 0.6 is 11.9 Å². The van der Waals surface area contributed by atoms with Gasteiger partial charge in [0.25, 0.3) is 11.6 Å². The summed E-state index contributed by atoms with van der Waals surface area (Å²) in [5.74, 6) is -0.110. The number of nitro benzene ring substituents is 1. The van der Waals surface area contributed by atoms with Crippen molar-refractivity contribution in [1.82, 2.24) is 4.31 Å². The van der Waals surface area contributed by atoms with Crippen LogP contribution in [0.25, 0.3) is 0 Å². The quantitative estimate of drug-likeness (QED) is 0.360. The summed E-state index contributed by atoms with van der Waals surface area (Å²) < 4.78 is 6.69. The van der Waals surface area contributed by atoms with Gasteiger partial charge in [-0.05, 0) is 5.56 Å². The minimum Gasteiger partial charge on any atom is -0.369 e. The summed E-state index contributed by atoms with van der Waals surface area (Å²) >= 11 is 1.29. The highest BCUT2D eigenvalue weighted by molar-refractivity contribution is 7.96. The number of nitro groups is 1. The Morgan fingerprint density at radius 3 is 2.78 bits per heavy atom. The van der Waals surface area contributed by atoms with Crippen molar-refractivity contribution in [2.45, 2.75) is 12.1 Å². The van der Waals surface area contributed by atoms with Crippen LogP contribution in [0.3, 0.4) is 0 Å². The molecule has 2 unspecified atom stereocenters. The monoisotopic (exact) mass is 268 g/mol. The van der Waals surface area contributed by atoms with Crippen molar-refractivity contribution in [3.63, 3.8) is 0 Å². The van der Waals surface area contributed by atoms with E-state index in [1.54, 1.807) is 22.7 Å². The summed E-state index contributed by atoms with van der Waals surface area (Å²) in [5, 5.41) is 10.7. The van der Waals surface area contributed by atoms with Gasteiger partial charge in [0.15, 0.2) is 6.10 Å². The van der Waals surface area contributed by atoms with E-state index in [-0.39, 0.29) is 17.6 Å². The molecule has 1 saturated heterocycles. The molecule has 0 aliphatic carbocycles. The van der Waals surface area contributed by atoms with Crippen LogP contribution in [-0.4, -0.2) is 34.6 Å². The second-order valence-corrected chi connectivity index (χ2v) is 4.56. The Bertz CT molecular complexity index is 480. The van der Waals surface area contributed by atoms with E-state index in [4.69, 9.17) is 4.74 Å². The zero-order valence-corrected chi connectivity index (χ0v) is 10.7. The van der Waals surface area contributed by atoms with E-state index in [1.807, 2.05) is 0 Å². The fourth-order valence-corrected chi connectivity index (χ4v) is 2.75. The molecular formula is C11H12N2O4S. The third-order valence-corrected chi connectivity index (χ3v) is 3.67. The van der Waals surface area contributed by atoms with Crippen molar-refractivity contribution in [3.05, 3.63) is 39.9 Å². The Balaban J connectivity index is 2.32. The fourth-order valence-electron chi connectivity index (χ4n) is 2.00. The van der Waals surface area contributed by atoms with Crippen LogP contribution in [0.5, 0.6) is 0 Å². The molecule has 96 valence electrons. The van der Waals surface area contributed by atoms with Gasteiger partial charge in [-0.25, -0.2) is 0 Å². The van der Waals surface area contributed by atoms with Gasteiger partial charge >= 0.3 is 0 Å². The van der Waals surface area contributed by atoms with E-state index >= 15 is 0 Å². The number of carbonyl (C=O) groups is 1. The number of nitrogens with zero attached hydrogens (tertiary/aromatic N) is 2. The maximum atomic E-state index is 11.7. The van der Waals surface area contributed by atoms with Crippen LogP contribution in [0.1, 0.15) is 11.6 Å². The minimum atomic E-state index is -0.556. The van der Waals surface area contributed by atoms with Crippen molar-refractivity contribution < 1.29 is 14.5 Å². The lowest BCUT2D eigenvalue weighted by atomic mass is 9.93. The first-order chi connectivity index (χ1) is 8.60. The van der Waals surface area contributed by atoms with Crippen LogP contribution in [0.2, 0.25) is 0 Å². The molecule has 6 nitrogen and oxygen atoms in total. The Morgan fingerprint density at radius 1 is 1.50 bits per heavy atom. The SMILES string of the molecule is COC1C(=O)N(SC)C1c1cccc([N+](=O)[O-])c1. The van der Waals surface area contributed by atoms with Crippen LogP contribution in [0.4, 0.5) is 5.69 Å². The maximum absolute atomic E-state index is 11.7. The first kappa shape index (κ1) is 12.8. The molecule has 0 N–H and O–H groups in total. The molecule has 1 amide bonds.